The van der Waals surface area contributed by atoms with Crippen molar-refractivity contribution < 1.29 is 19.1 Å². The van der Waals surface area contributed by atoms with Crippen molar-refractivity contribution in [3.05, 3.63) is 0 Å². The standard InChI is InChI=1S/C13H21NO4/c1-12(2,3)8(15)6-7-9-10(11(16)14-7)18-13(4,5)17-9/h7,9-10H,6H2,1-5H3,(H,14,16)/t7-,9-,10-/m0/s1. The SMILES string of the molecule is CC1(C)O[C@H]2[C@H](CC(=O)C(C)(C)C)NC(=O)[C@H]2O1. The maximum Gasteiger partial charge on any atom is 0.252 e. The molecule has 0 spiro atoms. The highest BCUT2D eigenvalue weighted by Gasteiger charge is 2.54. The minimum absolute atomic E-state index is 0.113. The van der Waals surface area contributed by atoms with Crippen LogP contribution >= 0.6 is 0 Å². The molecule has 2 aliphatic rings. The van der Waals surface area contributed by atoms with E-state index in [9.17, 15) is 9.59 Å². The van der Waals surface area contributed by atoms with Crippen LogP contribution in [0.3, 0.4) is 0 Å². The number of hydrogen-bond acceptors (Lipinski definition) is 4. The minimum atomic E-state index is -0.754. The Morgan fingerprint density at radius 2 is 1.94 bits per heavy atom. The monoisotopic (exact) mass is 255 g/mol. The van der Waals surface area contributed by atoms with Gasteiger partial charge in [-0.3, -0.25) is 9.59 Å². The molecule has 0 aliphatic carbocycles. The van der Waals surface area contributed by atoms with Gasteiger partial charge in [0.2, 0.25) is 0 Å². The van der Waals surface area contributed by atoms with E-state index in [0.29, 0.717) is 0 Å². The van der Waals surface area contributed by atoms with Crippen LogP contribution in [0.1, 0.15) is 41.0 Å². The van der Waals surface area contributed by atoms with Crippen molar-refractivity contribution >= 4 is 11.7 Å². The third-order valence-corrected chi connectivity index (χ3v) is 3.35. The van der Waals surface area contributed by atoms with Crippen molar-refractivity contribution in [3.63, 3.8) is 0 Å². The number of fused-ring (bicyclic) bond motifs is 1. The van der Waals surface area contributed by atoms with Gasteiger partial charge in [-0.1, -0.05) is 20.8 Å². The van der Waals surface area contributed by atoms with E-state index in [1.54, 1.807) is 13.8 Å². The Labute approximate surface area is 107 Å². The molecule has 102 valence electrons. The molecule has 0 aromatic carbocycles. The second-order valence-corrected chi connectivity index (χ2v) is 6.51. The summed E-state index contributed by atoms with van der Waals surface area (Å²) in [5, 5.41) is 2.79. The molecular formula is C13H21NO4. The van der Waals surface area contributed by atoms with Gasteiger partial charge >= 0.3 is 0 Å². The smallest absolute Gasteiger partial charge is 0.252 e. The van der Waals surface area contributed by atoms with E-state index in [1.165, 1.54) is 0 Å². The highest BCUT2D eigenvalue weighted by molar-refractivity contribution is 5.88. The maximum absolute atomic E-state index is 12.0. The predicted molar refractivity (Wildman–Crippen MR) is 64.8 cm³/mol. The average Bonchev–Trinajstić information content (AvgIpc) is 2.62. The van der Waals surface area contributed by atoms with Gasteiger partial charge in [-0.05, 0) is 13.8 Å². The van der Waals surface area contributed by atoms with Crippen LogP contribution in [0.5, 0.6) is 0 Å². The zero-order chi connectivity index (χ0) is 13.7. The van der Waals surface area contributed by atoms with Gasteiger partial charge in [-0.25, -0.2) is 0 Å². The first-order valence-corrected chi connectivity index (χ1v) is 6.29. The highest BCUT2D eigenvalue weighted by atomic mass is 16.8. The summed E-state index contributed by atoms with van der Waals surface area (Å²) in [7, 11) is 0. The van der Waals surface area contributed by atoms with Crippen molar-refractivity contribution in [1.82, 2.24) is 5.32 Å². The molecule has 0 unspecified atom stereocenters. The van der Waals surface area contributed by atoms with Crippen LogP contribution in [0.25, 0.3) is 0 Å². The van der Waals surface area contributed by atoms with Gasteiger partial charge in [0.25, 0.3) is 5.91 Å². The lowest BCUT2D eigenvalue weighted by Gasteiger charge is -2.24. The molecule has 2 fully saturated rings. The Hall–Kier alpha value is -0.940. The molecule has 0 aromatic rings. The van der Waals surface area contributed by atoms with Gasteiger partial charge in [-0.2, -0.15) is 0 Å². The van der Waals surface area contributed by atoms with E-state index in [4.69, 9.17) is 9.47 Å². The Morgan fingerprint density at radius 3 is 2.50 bits per heavy atom. The third-order valence-electron chi connectivity index (χ3n) is 3.35. The predicted octanol–water partition coefficient (Wildman–Crippen LogP) is 1.01. The van der Waals surface area contributed by atoms with Crippen LogP contribution in [0.4, 0.5) is 0 Å². The Balaban J connectivity index is 2.08. The molecule has 5 nitrogen and oxygen atoms in total. The quantitative estimate of drug-likeness (QED) is 0.800. The fourth-order valence-electron chi connectivity index (χ4n) is 2.31. The van der Waals surface area contributed by atoms with Crippen LogP contribution < -0.4 is 5.32 Å². The first kappa shape index (κ1) is 13.5. The van der Waals surface area contributed by atoms with Gasteiger partial charge in [-0.15, -0.1) is 0 Å². The molecule has 1 N–H and O–H groups in total. The number of carbonyl (C=O) groups is 2. The summed E-state index contributed by atoms with van der Waals surface area (Å²) in [4.78, 5) is 23.8. The van der Waals surface area contributed by atoms with E-state index < -0.39 is 17.3 Å². The Morgan fingerprint density at radius 1 is 1.33 bits per heavy atom. The number of nitrogens with one attached hydrogen (secondary N) is 1. The Kier molecular flexibility index (Phi) is 3.02. The van der Waals surface area contributed by atoms with Gasteiger partial charge in [0.1, 0.15) is 11.9 Å². The first-order chi connectivity index (χ1) is 8.10. The lowest BCUT2D eigenvalue weighted by atomic mass is 9.86. The third kappa shape index (κ3) is 2.42. The zero-order valence-corrected chi connectivity index (χ0v) is 11.6. The fourth-order valence-corrected chi connectivity index (χ4v) is 2.31. The molecule has 0 radical (unpaired) electrons. The number of ether oxygens (including phenoxy) is 2. The van der Waals surface area contributed by atoms with Crippen molar-refractivity contribution in [3.8, 4) is 0 Å². The van der Waals surface area contributed by atoms with E-state index in [-0.39, 0.29) is 30.3 Å². The largest absolute Gasteiger partial charge is 0.348 e. The van der Waals surface area contributed by atoms with Crippen molar-refractivity contribution in [2.24, 2.45) is 5.41 Å². The van der Waals surface area contributed by atoms with Gasteiger partial charge in [0, 0.05) is 11.8 Å². The molecule has 2 aliphatic heterocycles. The topological polar surface area (TPSA) is 64.6 Å². The van der Waals surface area contributed by atoms with Gasteiger partial charge in [0.15, 0.2) is 11.9 Å². The van der Waals surface area contributed by atoms with E-state index in [2.05, 4.69) is 5.32 Å². The molecule has 5 heteroatoms. The lowest BCUT2D eigenvalue weighted by molar-refractivity contribution is -0.163. The average molecular weight is 255 g/mol. The summed E-state index contributed by atoms with van der Waals surface area (Å²) < 4.78 is 11.2. The molecule has 18 heavy (non-hydrogen) atoms. The zero-order valence-electron chi connectivity index (χ0n) is 11.6. The molecule has 2 saturated heterocycles. The van der Waals surface area contributed by atoms with Crippen LogP contribution in [-0.2, 0) is 19.1 Å². The van der Waals surface area contributed by atoms with Crippen LogP contribution in [0, 0.1) is 5.41 Å². The summed E-state index contributed by atoms with van der Waals surface area (Å²) in [6.07, 6.45) is -0.660. The first-order valence-electron chi connectivity index (χ1n) is 6.29. The molecule has 1 amide bonds. The summed E-state index contributed by atoms with van der Waals surface area (Å²) in [6.45, 7) is 9.18. The number of Topliss-reactive ketones (excluding diaryl/α,β-unsaturated/α-hetero) is 1. The second kappa shape index (κ2) is 4.03. The van der Waals surface area contributed by atoms with E-state index in [1.807, 2.05) is 20.8 Å². The van der Waals surface area contributed by atoms with Gasteiger partial charge in [0.05, 0.1) is 6.04 Å². The summed E-state index contributed by atoms with van der Waals surface area (Å²) in [5.41, 5.74) is -0.405. The molecule has 0 bridgehead atoms. The molecule has 3 atom stereocenters. The van der Waals surface area contributed by atoms with Crippen LogP contribution in [-0.4, -0.2) is 35.7 Å². The summed E-state index contributed by atoms with van der Waals surface area (Å²) in [6, 6.07) is -0.281. The van der Waals surface area contributed by atoms with E-state index >= 15 is 0 Å². The van der Waals surface area contributed by atoms with Crippen molar-refractivity contribution in [1.29, 1.82) is 0 Å². The molecule has 2 rings (SSSR count). The number of carbonyl (C=O) groups excluding carboxylic acids is 2. The number of rotatable bonds is 2. The van der Waals surface area contributed by atoms with Gasteiger partial charge < -0.3 is 14.8 Å². The van der Waals surface area contributed by atoms with Crippen molar-refractivity contribution in [2.45, 2.75) is 65.1 Å². The van der Waals surface area contributed by atoms with E-state index in [0.717, 1.165) is 0 Å². The normalized spacial score (nSPS) is 34.3. The lowest BCUT2D eigenvalue weighted by Crippen LogP contribution is -2.39. The van der Waals surface area contributed by atoms with Crippen LogP contribution in [0.2, 0.25) is 0 Å². The van der Waals surface area contributed by atoms with Crippen LogP contribution in [0.15, 0.2) is 0 Å². The highest BCUT2D eigenvalue weighted by Crippen LogP contribution is 2.35. The molecule has 0 aromatic heterocycles. The number of hydrogen-bond donors (Lipinski definition) is 1. The second-order valence-electron chi connectivity index (χ2n) is 6.51. The number of ketones is 1. The molecule has 2 heterocycles. The number of amides is 1. The summed E-state index contributed by atoms with van der Waals surface area (Å²) in [5.74, 6) is -0.824. The maximum atomic E-state index is 12.0. The fraction of sp³-hybridized carbons (Fsp3) is 0.846. The Bertz CT molecular complexity index is 383. The molecular weight excluding hydrogens is 234 g/mol. The minimum Gasteiger partial charge on any atom is -0.348 e. The summed E-state index contributed by atoms with van der Waals surface area (Å²) >= 11 is 0. The molecule has 0 saturated carbocycles. The van der Waals surface area contributed by atoms with Crippen molar-refractivity contribution in [2.75, 3.05) is 0 Å².